The van der Waals surface area contributed by atoms with Crippen molar-refractivity contribution in [3.05, 3.63) is 16.1 Å². The Labute approximate surface area is 133 Å². The van der Waals surface area contributed by atoms with Gasteiger partial charge in [0.25, 0.3) is 0 Å². The molecule has 1 aromatic rings. The zero-order valence-corrected chi connectivity index (χ0v) is 14.9. The van der Waals surface area contributed by atoms with Crippen molar-refractivity contribution in [2.24, 2.45) is 5.92 Å². The van der Waals surface area contributed by atoms with Crippen molar-refractivity contribution < 1.29 is 0 Å². The van der Waals surface area contributed by atoms with Gasteiger partial charge >= 0.3 is 0 Å². The SMILES string of the molecule is CC1CN(Cc2nc(C(C)(C)C)cs2)C(C)(C2CC2)CN1. The summed E-state index contributed by atoms with van der Waals surface area (Å²) in [5.74, 6) is 0.875. The maximum atomic E-state index is 4.90. The van der Waals surface area contributed by atoms with E-state index in [1.165, 1.54) is 23.5 Å². The summed E-state index contributed by atoms with van der Waals surface area (Å²) in [7, 11) is 0. The molecule has 118 valence electrons. The van der Waals surface area contributed by atoms with Gasteiger partial charge < -0.3 is 5.32 Å². The van der Waals surface area contributed by atoms with Gasteiger partial charge in [0.05, 0.1) is 12.2 Å². The fourth-order valence-electron chi connectivity index (χ4n) is 3.34. The molecule has 21 heavy (non-hydrogen) atoms. The maximum Gasteiger partial charge on any atom is 0.107 e. The van der Waals surface area contributed by atoms with Crippen LogP contribution in [0, 0.1) is 5.92 Å². The Kier molecular flexibility index (Phi) is 3.92. The molecular weight excluding hydrogens is 278 g/mol. The van der Waals surface area contributed by atoms with Crippen LogP contribution in [0.25, 0.3) is 0 Å². The second kappa shape index (κ2) is 5.32. The highest BCUT2D eigenvalue weighted by atomic mass is 32.1. The van der Waals surface area contributed by atoms with Crippen LogP contribution in [-0.2, 0) is 12.0 Å². The molecule has 0 aromatic carbocycles. The van der Waals surface area contributed by atoms with Crippen LogP contribution in [0.1, 0.15) is 58.2 Å². The number of thiazole rings is 1. The van der Waals surface area contributed by atoms with E-state index in [1.807, 2.05) is 11.3 Å². The molecule has 0 spiro atoms. The summed E-state index contributed by atoms with van der Waals surface area (Å²) in [6.45, 7) is 14.7. The fraction of sp³-hybridized carbons (Fsp3) is 0.824. The fourth-order valence-corrected chi connectivity index (χ4v) is 4.38. The Morgan fingerprint density at radius 3 is 2.71 bits per heavy atom. The third-order valence-corrected chi connectivity index (χ3v) is 5.96. The number of hydrogen-bond donors (Lipinski definition) is 1. The summed E-state index contributed by atoms with van der Waals surface area (Å²) in [6, 6.07) is 0.582. The molecule has 2 heterocycles. The summed E-state index contributed by atoms with van der Waals surface area (Å²) >= 11 is 1.83. The van der Waals surface area contributed by atoms with Gasteiger partial charge in [-0.2, -0.15) is 0 Å². The van der Waals surface area contributed by atoms with Crippen molar-refractivity contribution in [2.75, 3.05) is 13.1 Å². The van der Waals surface area contributed by atoms with Crippen molar-refractivity contribution >= 4 is 11.3 Å². The highest BCUT2D eigenvalue weighted by molar-refractivity contribution is 7.09. The van der Waals surface area contributed by atoms with E-state index in [1.54, 1.807) is 0 Å². The van der Waals surface area contributed by atoms with E-state index >= 15 is 0 Å². The van der Waals surface area contributed by atoms with Gasteiger partial charge in [0.15, 0.2) is 0 Å². The standard InChI is InChI=1S/C17H29N3S/c1-12-8-20(17(5,11-18-12)13-6-7-13)9-15-19-14(10-21-15)16(2,3)4/h10,12-13,18H,6-9,11H2,1-5H3. The molecule has 2 aliphatic rings. The van der Waals surface area contributed by atoms with Crippen molar-refractivity contribution in [1.82, 2.24) is 15.2 Å². The lowest BCUT2D eigenvalue weighted by Crippen LogP contribution is -2.63. The number of nitrogens with zero attached hydrogens (tertiary/aromatic N) is 2. The van der Waals surface area contributed by atoms with E-state index in [0.29, 0.717) is 11.6 Å². The number of piperazine rings is 1. The van der Waals surface area contributed by atoms with Gasteiger partial charge in [0.1, 0.15) is 5.01 Å². The number of rotatable bonds is 3. The van der Waals surface area contributed by atoms with Crippen LogP contribution >= 0.6 is 11.3 Å². The molecule has 1 saturated heterocycles. The highest BCUT2D eigenvalue weighted by Crippen LogP contribution is 2.44. The van der Waals surface area contributed by atoms with Gasteiger partial charge in [0.2, 0.25) is 0 Å². The molecular formula is C17H29N3S. The lowest BCUT2D eigenvalue weighted by molar-refractivity contribution is 0.0311. The molecule has 1 aliphatic heterocycles. The van der Waals surface area contributed by atoms with Crippen molar-refractivity contribution in [1.29, 1.82) is 0 Å². The molecule has 3 nitrogen and oxygen atoms in total. The second-order valence-electron chi connectivity index (χ2n) is 8.17. The first-order valence-electron chi connectivity index (χ1n) is 8.22. The van der Waals surface area contributed by atoms with Crippen molar-refractivity contribution in [2.45, 2.75) is 71.0 Å². The van der Waals surface area contributed by atoms with Gasteiger partial charge in [-0.3, -0.25) is 4.90 Å². The Balaban J connectivity index is 1.76. The highest BCUT2D eigenvalue weighted by Gasteiger charge is 2.47. The zero-order chi connectivity index (χ0) is 15.3. The number of nitrogens with one attached hydrogen (secondary N) is 1. The molecule has 2 atom stereocenters. The summed E-state index contributed by atoms with van der Waals surface area (Å²) in [6.07, 6.45) is 2.79. The van der Waals surface area contributed by atoms with Crippen LogP contribution in [0.3, 0.4) is 0 Å². The lowest BCUT2D eigenvalue weighted by Gasteiger charge is -2.47. The zero-order valence-electron chi connectivity index (χ0n) is 14.1. The summed E-state index contributed by atoms with van der Waals surface area (Å²) in [4.78, 5) is 7.59. The van der Waals surface area contributed by atoms with E-state index < -0.39 is 0 Å². The maximum absolute atomic E-state index is 4.90. The quantitative estimate of drug-likeness (QED) is 0.927. The molecule has 4 heteroatoms. The normalized spacial score (nSPS) is 31.6. The Hall–Kier alpha value is -0.450. The largest absolute Gasteiger partial charge is 0.311 e. The minimum absolute atomic E-state index is 0.158. The van der Waals surface area contributed by atoms with Gasteiger partial charge in [-0.05, 0) is 32.6 Å². The Morgan fingerprint density at radius 1 is 1.43 bits per heavy atom. The minimum Gasteiger partial charge on any atom is -0.311 e. The van der Waals surface area contributed by atoms with Gasteiger partial charge in [-0.25, -0.2) is 4.98 Å². The first-order valence-corrected chi connectivity index (χ1v) is 9.10. The molecule has 0 amide bonds. The molecule has 2 unspecified atom stereocenters. The molecule has 1 saturated carbocycles. The second-order valence-corrected chi connectivity index (χ2v) is 9.11. The van der Waals surface area contributed by atoms with Crippen molar-refractivity contribution in [3.63, 3.8) is 0 Å². The predicted octanol–water partition coefficient (Wildman–Crippen LogP) is 3.40. The monoisotopic (exact) mass is 307 g/mol. The molecule has 0 radical (unpaired) electrons. The van der Waals surface area contributed by atoms with E-state index in [0.717, 1.165) is 25.6 Å². The number of aromatic nitrogens is 1. The molecule has 3 rings (SSSR count). The van der Waals surface area contributed by atoms with Crippen LogP contribution in [0.2, 0.25) is 0 Å². The molecule has 0 bridgehead atoms. The molecule has 2 fully saturated rings. The lowest BCUT2D eigenvalue weighted by atomic mass is 9.90. The summed E-state index contributed by atoms with van der Waals surface area (Å²) < 4.78 is 0. The van der Waals surface area contributed by atoms with Gasteiger partial charge in [-0.15, -0.1) is 11.3 Å². The van der Waals surface area contributed by atoms with E-state index in [2.05, 4.69) is 50.2 Å². The smallest absolute Gasteiger partial charge is 0.107 e. The Bertz CT molecular complexity index is 500. The third kappa shape index (κ3) is 3.17. The van der Waals surface area contributed by atoms with Gasteiger partial charge in [-0.1, -0.05) is 20.8 Å². The van der Waals surface area contributed by atoms with Crippen LogP contribution < -0.4 is 5.32 Å². The topological polar surface area (TPSA) is 28.2 Å². The van der Waals surface area contributed by atoms with E-state index in [4.69, 9.17) is 4.98 Å². The summed E-state index contributed by atoms with van der Waals surface area (Å²) in [5.41, 5.74) is 1.71. The molecule has 1 N–H and O–H groups in total. The minimum atomic E-state index is 0.158. The Morgan fingerprint density at radius 2 is 2.14 bits per heavy atom. The molecule has 1 aromatic heterocycles. The average Bonchev–Trinajstić information content (AvgIpc) is 3.14. The molecule has 1 aliphatic carbocycles. The van der Waals surface area contributed by atoms with Crippen LogP contribution in [0.5, 0.6) is 0 Å². The average molecular weight is 308 g/mol. The first kappa shape index (κ1) is 15.4. The van der Waals surface area contributed by atoms with Crippen LogP contribution in [0.15, 0.2) is 5.38 Å². The van der Waals surface area contributed by atoms with Gasteiger partial charge in [0, 0.05) is 35.5 Å². The third-order valence-electron chi connectivity index (χ3n) is 5.13. The predicted molar refractivity (Wildman–Crippen MR) is 89.8 cm³/mol. The van der Waals surface area contributed by atoms with Crippen LogP contribution in [0.4, 0.5) is 0 Å². The number of hydrogen-bond acceptors (Lipinski definition) is 4. The van der Waals surface area contributed by atoms with Crippen LogP contribution in [-0.4, -0.2) is 34.6 Å². The van der Waals surface area contributed by atoms with Crippen molar-refractivity contribution in [3.8, 4) is 0 Å². The van der Waals surface area contributed by atoms with E-state index in [9.17, 15) is 0 Å². The first-order chi connectivity index (χ1) is 9.79. The van der Waals surface area contributed by atoms with E-state index in [-0.39, 0.29) is 5.41 Å². The summed E-state index contributed by atoms with van der Waals surface area (Å²) in [5, 5.41) is 7.20.